The van der Waals surface area contributed by atoms with E-state index >= 15 is 0 Å². The Morgan fingerprint density at radius 3 is 2.30 bits per heavy atom. The van der Waals surface area contributed by atoms with Crippen LogP contribution in [0.25, 0.3) is 0 Å². The third kappa shape index (κ3) is 3.89. The summed E-state index contributed by atoms with van der Waals surface area (Å²) in [6.45, 7) is 0. The number of Topliss-reactive ketones (excluding diaryl/α,β-unsaturated/α-hetero) is 1. The lowest BCUT2D eigenvalue weighted by atomic mass is 9.78. The van der Waals surface area contributed by atoms with Crippen LogP contribution in [0.2, 0.25) is 0 Å². The van der Waals surface area contributed by atoms with Crippen LogP contribution in [0.5, 0.6) is 17.2 Å². The average Bonchev–Trinajstić information content (AvgIpc) is 3.01. The van der Waals surface area contributed by atoms with Crippen LogP contribution in [-0.4, -0.2) is 25.1 Å². The molecule has 3 N–H and O–H groups in total. The molecule has 0 amide bonds. The van der Waals surface area contributed by atoms with E-state index in [0.717, 1.165) is 33.9 Å². The molecule has 0 unspecified atom stereocenters. The van der Waals surface area contributed by atoms with Crippen molar-refractivity contribution in [3.05, 3.63) is 89.1 Å². The number of allylic oxidation sites excluding steroid dienone is 1. The molecule has 1 aliphatic heterocycles. The van der Waals surface area contributed by atoms with E-state index in [1.165, 1.54) is 7.11 Å². The predicted molar refractivity (Wildman–Crippen MR) is 128 cm³/mol. The lowest BCUT2D eigenvalue weighted by Crippen LogP contribution is -2.26. The molecule has 0 saturated heterocycles. The lowest BCUT2D eigenvalue weighted by molar-refractivity contribution is -0.116. The summed E-state index contributed by atoms with van der Waals surface area (Å²) >= 11 is 0. The Morgan fingerprint density at radius 1 is 0.879 bits per heavy atom. The maximum absolute atomic E-state index is 13.6. The van der Waals surface area contributed by atoms with Gasteiger partial charge in [0.2, 0.25) is 0 Å². The molecule has 6 nitrogen and oxygen atoms in total. The van der Waals surface area contributed by atoms with Crippen molar-refractivity contribution >= 4 is 17.2 Å². The van der Waals surface area contributed by atoms with E-state index in [0.29, 0.717) is 24.2 Å². The van der Waals surface area contributed by atoms with Crippen LogP contribution in [0.3, 0.4) is 0 Å². The number of benzene rings is 3. The fourth-order valence-electron chi connectivity index (χ4n) is 4.74. The molecule has 5 rings (SSSR count). The fourth-order valence-corrected chi connectivity index (χ4v) is 4.74. The average molecular weight is 443 g/mol. The van der Waals surface area contributed by atoms with Gasteiger partial charge in [-0.25, -0.2) is 0 Å². The molecular formula is C27H26N2O4. The Balaban J connectivity index is 1.58. The number of anilines is 2. The summed E-state index contributed by atoms with van der Waals surface area (Å²) < 4.78 is 10.5. The normalized spacial score (nSPS) is 19.5. The second-order valence-corrected chi connectivity index (χ2v) is 8.37. The largest absolute Gasteiger partial charge is 0.504 e. The van der Waals surface area contributed by atoms with Gasteiger partial charge < -0.3 is 25.2 Å². The summed E-state index contributed by atoms with van der Waals surface area (Å²) in [4.78, 5) is 13.6. The molecule has 33 heavy (non-hydrogen) atoms. The number of methoxy groups -OCH3 is 2. The van der Waals surface area contributed by atoms with Crippen molar-refractivity contribution in [3.63, 3.8) is 0 Å². The van der Waals surface area contributed by atoms with Gasteiger partial charge in [0.15, 0.2) is 17.3 Å². The highest BCUT2D eigenvalue weighted by molar-refractivity contribution is 6.01. The van der Waals surface area contributed by atoms with Gasteiger partial charge in [-0.15, -0.1) is 0 Å². The molecule has 0 radical (unpaired) electrons. The minimum absolute atomic E-state index is 0.0452. The highest BCUT2D eigenvalue weighted by atomic mass is 16.5. The zero-order valence-corrected chi connectivity index (χ0v) is 18.6. The number of phenolic OH excluding ortho intramolecular Hbond substituents is 1. The fraction of sp³-hybridized carbons (Fsp3) is 0.222. The standard InChI is InChI=1S/C27H26N2O4/c1-32-19-10-7-16(8-11-19)18-13-22-26(24(31)15-18)27(17-9-12-25(33-2)23(30)14-17)29-21-6-4-3-5-20(21)28-22/h3-12,14,18,27-30H,13,15H2,1-2H3/t18-,27-/m1/s1. The Kier molecular flexibility index (Phi) is 5.42. The number of carbonyl (C=O) groups is 1. The van der Waals surface area contributed by atoms with Crippen LogP contribution < -0.4 is 20.1 Å². The molecule has 0 bridgehead atoms. The van der Waals surface area contributed by atoms with E-state index < -0.39 is 6.04 Å². The van der Waals surface area contributed by atoms with Gasteiger partial charge in [-0.05, 0) is 59.9 Å². The molecule has 0 fully saturated rings. The Morgan fingerprint density at radius 2 is 1.61 bits per heavy atom. The molecule has 2 atom stereocenters. The monoisotopic (exact) mass is 442 g/mol. The molecule has 1 heterocycles. The van der Waals surface area contributed by atoms with Crippen molar-refractivity contribution in [1.29, 1.82) is 0 Å². The van der Waals surface area contributed by atoms with Crippen molar-refractivity contribution < 1.29 is 19.4 Å². The quantitative estimate of drug-likeness (QED) is 0.503. The van der Waals surface area contributed by atoms with Crippen LogP contribution >= 0.6 is 0 Å². The molecule has 0 spiro atoms. The Bertz CT molecular complexity index is 1230. The maximum Gasteiger partial charge on any atom is 0.163 e. The van der Waals surface area contributed by atoms with Gasteiger partial charge in [0, 0.05) is 17.7 Å². The van der Waals surface area contributed by atoms with Gasteiger partial charge in [-0.2, -0.15) is 0 Å². The predicted octanol–water partition coefficient (Wildman–Crippen LogP) is 5.39. The van der Waals surface area contributed by atoms with Gasteiger partial charge in [0.25, 0.3) is 0 Å². The topological polar surface area (TPSA) is 79.8 Å². The number of carbonyl (C=O) groups excluding carboxylic acids is 1. The van der Waals surface area contributed by atoms with Crippen molar-refractivity contribution in [2.24, 2.45) is 0 Å². The molecule has 3 aromatic carbocycles. The van der Waals surface area contributed by atoms with Crippen LogP contribution in [0.4, 0.5) is 11.4 Å². The number of ketones is 1. The van der Waals surface area contributed by atoms with Gasteiger partial charge in [0.05, 0.1) is 31.6 Å². The second-order valence-electron chi connectivity index (χ2n) is 8.37. The summed E-state index contributed by atoms with van der Waals surface area (Å²) in [5.41, 5.74) is 5.36. The number of hydrogen-bond donors (Lipinski definition) is 3. The van der Waals surface area contributed by atoms with Crippen molar-refractivity contribution in [2.75, 3.05) is 24.9 Å². The molecule has 2 aliphatic rings. The summed E-state index contributed by atoms with van der Waals surface area (Å²) in [6, 6.07) is 20.7. The number of hydrogen-bond acceptors (Lipinski definition) is 6. The first-order chi connectivity index (χ1) is 16.1. The first-order valence-corrected chi connectivity index (χ1v) is 11.0. The van der Waals surface area contributed by atoms with E-state index in [9.17, 15) is 9.90 Å². The third-order valence-corrected chi connectivity index (χ3v) is 6.43. The SMILES string of the molecule is COc1ccc([C@H]2CC(=O)C3=C(C2)Nc2ccccc2N[C@@H]3c2ccc(OC)c(O)c2)cc1. The van der Waals surface area contributed by atoms with Gasteiger partial charge in [0.1, 0.15) is 5.75 Å². The van der Waals surface area contributed by atoms with Gasteiger partial charge >= 0.3 is 0 Å². The maximum atomic E-state index is 13.6. The zero-order valence-electron chi connectivity index (χ0n) is 18.6. The second kappa shape index (κ2) is 8.54. The first kappa shape index (κ1) is 20.9. The first-order valence-electron chi connectivity index (χ1n) is 11.0. The number of rotatable bonds is 4. The molecule has 0 saturated carbocycles. The molecule has 6 heteroatoms. The molecule has 1 aliphatic carbocycles. The van der Waals surface area contributed by atoms with E-state index in [4.69, 9.17) is 9.47 Å². The lowest BCUT2D eigenvalue weighted by Gasteiger charge is -2.30. The van der Waals surface area contributed by atoms with Gasteiger partial charge in [-0.1, -0.05) is 30.3 Å². The summed E-state index contributed by atoms with van der Waals surface area (Å²) in [6.07, 6.45) is 1.13. The molecule has 3 aromatic rings. The number of fused-ring (bicyclic) bond motifs is 1. The van der Waals surface area contributed by atoms with Crippen LogP contribution in [-0.2, 0) is 4.79 Å². The van der Waals surface area contributed by atoms with Crippen LogP contribution in [0.1, 0.15) is 35.9 Å². The van der Waals surface area contributed by atoms with E-state index in [1.807, 2.05) is 54.6 Å². The molecular weight excluding hydrogens is 416 g/mol. The van der Waals surface area contributed by atoms with Crippen molar-refractivity contribution in [3.8, 4) is 17.2 Å². The molecule has 168 valence electrons. The Hall–Kier alpha value is -3.93. The third-order valence-electron chi connectivity index (χ3n) is 6.43. The van der Waals surface area contributed by atoms with E-state index in [-0.39, 0.29) is 17.5 Å². The minimum Gasteiger partial charge on any atom is -0.504 e. The van der Waals surface area contributed by atoms with Crippen molar-refractivity contribution in [2.45, 2.75) is 24.8 Å². The van der Waals surface area contributed by atoms with Crippen molar-refractivity contribution in [1.82, 2.24) is 0 Å². The van der Waals surface area contributed by atoms with Crippen LogP contribution in [0.15, 0.2) is 78.0 Å². The molecule has 0 aromatic heterocycles. The summed E-state index contributed by atoms with van der Waals surface area (Å²) in [5, 5.41) is 17.5. The number of aromatic hydroxyl groups is 1. The minimum atomic E-state index is -0.391. The summed E-state index contributed by atoms with van der Waals surface area (Å²) in [5.74, 6) is 1.40. The van der Waals surface area contributed by atoms with E-state index in [2.05, 4.69) is 10.6 Å². The van der Waals surface area contributed by atoms with Crippen LogP contribution in [0, 0.1) is 0 Å². The zero-order chi connectivity index (χ0) is 22.9. The number of para-hydroxylation sites is 2. The smallest absolute Gasteiger partial charge is 0.163 e. The highest BCUT2D eigenvalue weighted by Gasteiger charge is 2.36. The van der Waals surface area contributed by atoms with E-state index in [1.54, 1.807) is 19.2 Å². The van der Waals surface area contributed by atoms with Gasteiger partial charge in [-0.3, -0.25) is 4.79 Å². The number of phenols is 1. The Labute approximate surface area is 192 Å². The summed E-state index contributed by atoms with van der Waals surface area (Å²) in [7, 11) is 3.16. The number of ether oxygens (including phenoxy) is 2. The number of nitrogens with one attached hydrogen (secondary N) is 2. The highest BCUT2D eigenvalue weighted by Crippen LogP contribution is 2.45.